The summed E-state index contributed by atoms with van der Waals surface area (Å²) in [5, 5.41) is 11.6. The number of carboxylic acids is 1. The van der Waals surface area contributed by atoms with E-state index in [0.717, 1.165) is 11.3 Å². The van der Waals surface area contributed by atoms with Crippen LogP contribution in [0.1, 0.15) is 5.56 Å². The van der Waals surface area contributed by atoms with Gasteiger partial charge in [-0.25, -0.2) is 4.79 Å². The molecule has 2 heterocycles. The SMILES string of the molecule is O=C(O)C1Cc2ccncc2N1. The van der Waals surface area contributed by atoms with Gasteiger partial charge < -0.3 is 10.4 Å². The molecule has 4 heteroatoms. The van der Waals surface area contributed by atoms with Crippen LogP contribution in [0.25, 0.3) is 0 Å². The third-order valence-corrected chi connectivity index (χ3v) is 1.96. The normalized spacial score (nSPS) is 19.8. The molecule has 1 unspecified atom stereocenters. The molecule has 0 fully saturated rings. The Morgan fingerprint density at radius 3 is 3.25 bits per heavy atom. The molecule has 4 nitrogen and oxygen atoms in total. The average Bonchev–Trinajstić information content (AvgIpc) is 2.46. The van der Waals surface area contributed by atoms with Crippen molar-refractivity contribution in [1.29, 1.82) is 0 Å². The molecular formula is C8H8N2O2. The minimum Gasteiger partial charge on any atom is -0.480 e. The van der Waals surface area contributed by atoms with E-state index in [2.05, 4.69) is 10.3 Å². The number of hydrogen-bond donors (Lipinski definition) is 2. The van der Waals surface area contributed by atoms with Crippen molar-refractivity contribution in [2.24, 2.45) is 0 Å². The molecule has 0 aliphatic carbocycles. The van der Waals surface area contributed by atoms with Gasteiger partial charge in [-0.15, -0.1) is 0 Å². The highest BCUT2D eigenvalue weighted by Gasteiger charge is 2.25. The zero-order valence-electron chi connectivity index (χ0n) is 6.32. The van der Waals surface area contributed by atoms with E-state index in [9.17, 15) is 4.79 Å². The highest BCUT2D eigenvalue weighted by atomic mass is 16.4. The molecule has 0 bridgehead atoms. The van der Waals surface area contributed by atoms with Gasteiger partial charge >= 0.3 is 5.97 Å². The van der Waals surface area contributed by atoms with E-state index in [4.69, 9.17) is 5.11 Å². The number of pyridine rings is 1. The molecule has 1 aromatic heterocycles. The molecular weight excluding hydrogens is 156 g/mol. The summed E-state index contributed by atoms with van der Waals surface area (Å²) in [6, 6.07) is 1.36. The first kappa shape index (κ1) is 7.09. The van der Waals surface area contributed by atoms with Crippen molar-refractivity contribution >= 4 is 11.7 Å². The molecule has 2 N–H and O–H groups in total. The zero-order valence-corrected chi connectivity index (χ0v) is 6.32. The van der Waals surface area contributed by atoms with Crippen LogP contribution in [0.15, 0.2) is 18.5 Å². The van der Waals surface area contributed by atoms with E-state index in [1.807, 2.05) is 6.07 Å². The Balaban J connectivity index is 2.27. The number of rotatable bonds is 1. The van der Waals surface area contributed by atoms with Gasteiger partial charge in [0.1, 0.15) is 6.04 Å². The molecule has 1 aliphatic heterocycles. The second-order valence-electron chi connectivity index (χ2n) is 2.77. The molecule has 0 amide bonds. The van der Waals surface area contributed by atoms with E-state index in [1.165, 1.54) is 0 Å². The summed E-state index contributed by atoms with van der Waals surface area (Å²) < 4.78 is 0. The Labute approximate surface area is 69.2 Å². The maximum atomic E-state index is 10.6. The van der Waals surface area contributed by atoms with Gasteiger partial charge in [-0.1, -0.05) is 0 Å². The molecule has 0 saturated carbocycles. The molecule has 62 valence electrons. The van der Waals surface area contributed by atoms with Gasteiger partial charge in [0.15, 0.2) is 0 Å². The van der Waals surface area contributed by atoms with Crippen LogP contribution in [-0.4, -0.2) is 22.1 Å². The Hall–Kier alpha value is -1.58. The minimum absolute atomic E-state index is 0.482. The van der Waals surface area contributed by atoms with Crippen LogP contribution in [0, 0.1) is 0 Å². The van der Waals surface area contributed by atoms with Crippen LogP contribution < -0.4 is 5.32 Å². The van der Waals surface area contributed by atoms with E-state index in [0.29, 0.717) is 6.42 Å². The highest BCUT2D eigenvalue weighted by molar-refractivity contribution is 5.80. The van der Waals surface area contributed by atoms with Crippen molar-refractivity contribution in [3.8, 4) is 0 Å². The lowest BCUT2D eigenvalue weighted by atomic mass is 10.1. The highest BCUT2D eigenvalue weighted by Crippen LogP contribution is 2.23. The van der Waals surface area contributed by atoms with Crippen LogP contribution in [0.2, 0.25) is 0 Å². The summed E-state index contributed by atoms with van der Waals surface area (Å²) in [5.41, 5.74) is 1.86. The topological polar surface area (TPSA) is 62.2 Å². The summed E-state index contributed by atoms with van der Waals surface area (Å²) >= 11 is 0. The Kier molecular flexibility index (Phi) is 1.46. The molecule has 0 aromatic carbocycles. The quantitative estimate of drug-likeness (QED) is 0.634. The van der Waals surface area contributed by atoms with E-state index < -0.39 is 12.0 Å². The molecule has 0 radical (unpaired) electrons. The van der Waals surface area contributed by atoms with Crippen molar-refractivity contribution in [3.63, 3.8) is 0 Å². The van der Waals surface area contributed by atoms with Crippen LogP contribution in [0.3, 0.4) is 0 Å². The lowest BCUT2D eigenvalue weighted by Crippen LogP contribution is -2.26. The van der Waals surface area contributed by atoms with Crippen LogP contribution in [0.4, 0.5) is 5.69 Å². The summed E-state index contributed by atoms with van der Waals surface area (Å²) in [5.74, 6) is -0.814. The Morgan fingerprint density at radius 1 is 1.75 bits per heavy atom. The van der Waals surface area contributed by atoms with Gasteiger partial charge in [0, 0.05) is 12.6 Å². The molecule has 1 aliphatic rings. The second-order valence-corrected chi connectivity index (χ2v) is 2.77. The van der Waals surface area contributed by atoms with Crippen molar-refractivity contribution in [2.75, 3.05) is 5.32 Å². The predicted octanol–water partition coefficient (Wildman–Crippen LogP) is 0.503. The number of aromatic nitrogens is 1. The van der Waals surface area contributed by atoms with Gasteiger partial charge in [0.25, 0.3) is 0 Å². The van der Waals surface area contributed by atoms with Crippen LogP contribution in [-0.2, 0) is 11.2 Å². The number of nitrogens with one attached hydrogen (secondary N) is 1. The molecule has 2 rings (SSSR count). The number of hydrogen-bond acceptors (Lipinski definition) is 3. The maximum Gasteiger partial charge on any atom is 0.326 e. The predicted molar refractivity (Wildman–Crippen MR) is 43.0 cm³/mol. The van der Waals surface area contributed by atoms with Crippen molar-refractivity contribution < 1.29 is 9.90 Å². The number of nitrogens with zero attached hydrogens (tertiary/aromatic N) is 1. The smallest absolute Gasteiger partial charge is 0.326 e. The minimum atomic E-state index is -0.814. The first-order valence-electron chi connectivity index (χ1n) is 3.69. The monoisotopic (exact) mass is 164 g/mol. The fraction of sp³-hybridized carbons (Fsp3) is 0.250. The molecule has 0 saturated heterocycles. The molecule has 1 aromatic rings. The Morgan fingerprint density at radius 2 is 2.58 bits per heavy atom. The summed E-state index contributed by atoms with van der Waals surface area (Å²) in [4.78, 5) is 14.5. The van der Waals surface area contributed by atoms with Gasteiger partial charge in [-0.2, -0.15) is 0 Å². The second kappa shape index (κ2) is 2.48. The van der Waals surface area contributed by atoms with E-state index in [1.54, 1.807) is 12.4 Å². The average molecular weight is 164 g/mol. The standard InChI is InChI=1S/C8H8N2O2/c11-8(12)6-3-5-1-2-9-4-7(5)10-6/h1-2,4,6,10H,3H2,(H,11,12). The third kappa shape index (κ3) is 1.01. The van der Waals surface area contributed by atoms with Gasteiger partial charge in [0.2, 0.25) is 0 Å². The lowest BCUT2D eigenvalue weighted by Gasteiger charge is -2.02. The van der Waals surface area contributed by atoms with Crippen molar-refractivity contribution in [1.82, 2.24) is 4.98 Å². The fourth-order valence-electron chi connectivity index (χ4n) is 1.34. The van der Waals surface area contributed by atoms with Gasteiger partial charge in [-0.05, 0) is 11.6 Å². The third-order valence-electron chi connectivity index (χ3n) is 1.96. The Bertz CT molecular complexity index is 300. The van der Waals surface area contributed by atoms with Crippen molar-refractivity contribution in [2.45, 2.75) is 12.5 Å². The number of carboxylic acid groups (broad SMARTS) is 1. The molecule has 12 heavy (non-hydrogen) atoms. The molecule has 0 spiro atoms. The van der Waals surface area contributed by atoms with Crippen LogP contribution >= 0.6 is 0 Å². The summed E-state index contributed by atoms with van der Waals surface area (Å²) in [7, 11) is 0. The first-order valence-corrected chi connectivity index (χ1v) is 3.69. The number of carbonyl (C=O) groups is 1. The summed E-state index contributed by atoms with van der Waals surface area (Å²) in [6.45, 7) is 0. The number of fused-ring (bicyclic) bond motifs is 1. The largest absolute Gasteiger partial charge is 0.480 e. The van der Waals surface area contributed by atoms with Gasteiger partial charge in [-0.3, -0.25) is 4.98 Å². The fourth-order valence-corrected chi connectivity index (χ4v) is 1.34. The number of aliphatic carboxylic acids is 1. The first-order chi connectivity index (χ1) is 5.77. The zero-order chi connectivity index (χ0) is 8.55. The molecule has 1 atom stereocenters. The van der Waals surface area contributed by atoms with E-state index >= 15 is 0 Å². The van der Waals surface area contributed by atoms with E-state index in [-0.39, 0.29) is 0 Å². The van der Waals surface area contributed by atoms with Crippen molar-refractivity contribution in [3.05, 3.63) is 24.0 Å². The summed E-state index contributed by atoms with van der Waals surface area (Å²) in [6.07, 6.45) is 3.87. The lowest BCUT2D eigenvalue weighted by molar-refractivity contribution is -0.137. The van der Waals surface area contributed by atoms with Crippen LogP contribution in [0.5, 0.6) is 0 Å². The maximum absolute atomic E-state index is 10.6. The van der Waals surface area contributed by atoms with Gasteiger partial charge in [0.05, 0.1) is 11.9 Å². The number of anilines is 1.